The van der Waals surface area contributed by atoms with Gasteiger partial charge in [-0.3, -0.25) is 0 Å². The van der Waals surface area contributed by atoms with E-state index >= 15 is 0 Å². The van der Waals surface area contributed by atoms with Crippen LogP contribution in [0.4, 0.5) is 4.79 Å². The summed E-state index contributed by atoms with van der Waals surface area (Å²) in [4.78, 5) is 10.4. The standard InChI is InChI=1S/C11H23N3O/c1-3-4-5-6-7-8-9-10(2)13-14-11(12)15/h3-9H2,1-2H3,(H3,12,14,15)/b13-10+. The molecular weight excluding hydrogens is 190 g/mol. The highest BCUT2D eigenvalue weighted by atomic mass is 16.2. The lowest BCUT2D eigenvalue weighted by Gasteiger charge is -2.01. The van der Waals surface area contributed by atoms with Gasteiger partial charge in [-0.2, -0.15) is 5.10 Å². The minimum Gasteiger partial charge on any atom is -0.350 e. The Hall–Kier alpha value is -1.06. The largest absolute Gasteiger partial charge is 0.350 e. The number of hydrogen-bond acceptors (Lipinski definition) is 2. The van der Waals surface area contributed by atoms with Crippen molar-refractivity contribution in [2.45, 2.75) is 58.8 Å². The van der Waals surface area contributed by atoms with E-state index < -0.39 is 6.03 Å². The molecule has 4 heteroatoms. The summed E-state index contributed by atoms with van der Waals surface area (Å²) >= 11 is 0. The summed E-state index contributed by atoms with van der Waals surface area (Å²) in [6.07, 6.45) is 8.55. The Kier molecular flexibility index (Phi) is 8.82. The van der Waals surface area contributed by atoms with E-state index in [4.69, 9.17) is 5.73 Å². The molecule has 0 aromatic carbocycles. The summed E-state index contributed by atoms with van der Waals surface area (Å²) in [5.41, 5.74) is 8.06. The fraction of sp³-hybridized carbons (Fsp3) is 0.818. The summed E-state index contributed by atoms with van der Waals surface area (Å²) in [6.45, 7) is 4.12. The maximum atomic E-state index is 10.4. The molecular formula is C11H23N3O. The van der Waals surface area contributed by atoms with Crippen LogP contribution in [0.25, 0.3) is 0 Å². The number of amides is 2. The lowest BCUT2D eigenvalue weighted by molar-refractivity contribution is 0.249. The number of unbranched alkanes of at least 4 members (excludes halogenated alkanes) is 5. The lowest BCUT2D eigenvalue weighted by atomic mass is 10.1. The van der Waals surface area contributed by atoms with Gasteiger partial charge in [-0.15, -0.1) is 0 Å². The summed E-state index contributed by atoms with van der Waals surface area (Å²) in [6, 6.07) is -0.600. The molecule has 0 saturated carbocycles. The Labute approximate surface area is 92.3 Å². The van der Waals surface area contributed by atoms with E-state index in [1.165, 1.54) is 32.1 Å². The number of primary amides is 1. The van der Waals surface area contributed by atoms with Crippen molar-refractivity contribution in [2.24, 2.45) is 10.8 Å². The lowest BCUT2D eigenvalue weighted by Crippen LogP contribution is -2.25. The quantitative estimate of drug-likeness (QED) is 0.363. The smallest absolute Gasteiger partial charge is 0.332 e. The molecule has 0 aliphatic carbocycles. The molecule has 0 unspecified atom stereocenters. The van der Waals surface area contributed by atoms with Crippen molar-refractivity contribution >= 4 is 11.7 Å². The van der Waals surface area contributed by atoms with Gasteiger partial charge in [-0.05, 0) is 19.8 Å². The van der Waals surface area contributed by atoms with E-state index in [1.54, 1.807) is 0 Å². The van der Waals surface area contributed by atoms with Gasteiger partial charge in [-0.25, -0.2) is 10.2 Å². The minimum atomic E-state index is -0.600. The first-order valence-corrected chi connectivity index (χ1v) is 5.75. The topological polar surface area (TPSA) is 67.5 Å². The van der Waals surface area contributed by atoms with E-state index in [0.717, 1.165) is 18.6 Å². The molecule has 0 rings (SSSR count). The first-order chi connectivity index (χ1) is 7.16. The number of hydrazone groups is 1. The van der Waals surface area contributed by atoms with Crippen molar-refractivity contribution in [3.05, 3.63) is 0 Å². The summed E-state index contributed by atoms with van der Waals surface area (Å²) < 4.78 is 0. The van der Waals surface area contributed by atoms with Gasteiger partial charge in [0, 0.05) is 5.71 Å². The van der Waals surface area contributed by atoms with Gasteiger partial charge in [0.15, 0.2) is 0 Å². The molecule has 0 saturated heterocycles. The number of nitrogens with two attached hydrogens (primary N) is 1. The second kappa shape index (κ2) is 9.49. The van der Waals surface area contributed by atoms with Crippen LogP contribution in [0, 0.1) is 0 Å². The van der Waals surface area contributed by atoms with Gasteiger partial charge in [-0.1, -0.05) is 39.0 Å². The Morgan fingerprint density at radius 3 is 2.40 bits per heavy atom. The molecule has 2 amide bonds. The van der Waals surface area contributed by atoms with Crippen molar-refractivity contribution in [3.8, 4) is 0 Å². The van der Waals surface area contributed by atoms with Crippen LogP contribution in [0.2, 0.25) is 0 Å². The summed E-state index contributed by atoms with van der Waals surface area (Å²) in [5.74, 6) is 0. The second-order valence-corrected chi connectivity index (χ2v) is 3.84. The van der Waals surface area contributed by atoms with Gasteiger partial charge in [0.25, 0.3) is 0 Å². The van der Waals surface area contributed by atoms with E-state index in [9.17, 15) is 4.79 Å². The van der Waals surface area contributed by atoms with Crippen LogP contribution in [0.15, 0.2) is 5.10 Å². The fourth-order valence-corrected chi connectivity index (χ4v) is 1.37. The van der Waals surface area contributed by atoms with Crippen LogP contribution in [0.1, 0.15) is 58.8 Å². The van der Waals surface area contributed by atoms with Crippen LogP contribution in [0.3, 0.4) is 0 Å². The number of hydrogen-bond donors (Lipinski definition) is 2. The molecule has 0 heterocycles. The molecule has 0 spiro atoms. The van der Waals surface area contributed by atoms with Crippen molar-refractivity contribution in [1.82, 2.24) is 5.43 Å². The Balaban J connectivity index is 3.34. The van der Waals surface area contributed by atoms with Gasteiger partial charge < -0.3 is 5.73 Å². The van der Waals surface area contributed by atoms with Gasteiger partial charge >= 0.3 is 6.03 Å². The molecule has 0 aliphatic heterocycles. The fourth-order valence-electron chi connectivity index (χ4n) is 1.37. The monoisotopic (exact) mass is 213 g/mol. The van der Waals surface area contributed by atoms with E-state index in [-0.39, 0.29) is 0 Å². The Bertz CT molecular complexity index is 202. The average Bonchev–Trinajstić information content (AvgIpc) is 2.20. The first kappa shape index (κ1) is 13.9. The molecule has 0 aromatic rings. The molecule has 3 N–H and O–H groups in total. The summed E-state index contributed by atoms with van der Waals surface area (Å²) in [7, 11) is 0. The van der Waals surface area contributed by atoms with Gasteiger partial charge in [0.1, 0.15) is 0 Å². The highest BCUT2D eigenvalue weighted by Crippen LogP contribution is 2.07. The van der Waals surface area contributed by atoms with Crippen molar-refractivity contribution < 1.29 is 4.79 Å². The van der Waals surface area contributed by atoms with Crippen molar-refractivity contribution in [3.63, 3.8) is 0 Å². The highest BCUT2D eigenvalue weighted by Gasteiger charge is 1.94. The minimum absolute atomic E-state index is 0.600. The predicted octanol–water partition coefficient (Wildman–Crippen LogP) is 2.78. The van der Waals surface area contributed by atoms with Gasteiger partial charge in [0.05, 0.1) is 0 Å². The molecule has 0 bridgehead atoms. The zero-order chi connectivity index (χ0) is 11.5. The molecule has 0 aliphatic rings. The third kappa shape index (κ3) is 10.9. The third-order valence-corrected chi connectivity index (χ3v) is 2.25. The molecule has 0 radical (unpaired) electrons. The van der Waals surface area contributed by atoms with Crippen LogP contribution >= 0.6 is 0 Å². The zero-order valence-electron chi connectivity index (χ0n) is 9.88. The third-order valence-electron chi connectivity index (χ3n) is 2.25. The normalized spacial score (nSPS) is 11.5. The molecule has 0 fully saturated rings. The van der Waals surface area contributed by atoms with Crippen molar-refractivity contribution in [2.75, 3.05) is 0 Å². The van der Waals surface area contributed by atoms with Gasteiger partial charge in [0.2, 0.25) is 0 Å². The Morgan fingerprint density at radius 2 is 1.80 bits per heavy atom. The maximum absolute atomic E-state index is 10.4. The number of nitrogens with one attached hydrogen (secondary N) is 1. The van der Waals surface area contributed by atoms with E-state index in [0.29, 0.717) is 0 Å². The number of carbonyl (C=O) groups excluding carboxylic acids is 1. The van der Waals surface area contributed by atoms with E-state index in [2.05, 4.69) is 17.5 Å². The number of nitrogens with zero attached hydrogens (tertiary/aromatic N) is 1. The predicted molar refractivity (Wildman–Crippen MR) is 63.8 cm³/mol. The van der Waals surface area contributed by atoms with Crippen LogP contribution in [0.5, 0.6) is 0 Å². The van der Waals surface area contributed by atoms with E-state index in [1.807, 2.05) is 6.92 Å². The zero-order valence-corrected chi connectivity index (χ0v) is 9.88. The highest BCUT2D eigenvalue weighted by molar-refractivity contribution is 5.83. The van der Waals surface area contributed by atoms with Crippen molar-refractivity contribution in [1.29, 1.82) is 0 Å². The summed E-state index contributed by atoms with van der Waals surface area (Å²) in [5, 5.41) is 3.85. The molecule has 15 heavy (non-hydrogen) atoms. The SMILES string of the molecule is CCCCCCCC/C(C)=N/NC(N)=O. The average molecular weight is 213 g/mol. The number of rotatable bonds is 8. The number of urea groups is 1. The first-order valence-electron chi connectivity index (χ1n) is 5.75. The molecule has 0 aromatic heterocycles. The van der Waals surface area contributed by atoms with Crippen LogP contribution < -0.4 is 11.2 Å². The van der Waals surface area contributed by atoms with Crippen LogP contribution in [-0.2, 0) is 0 Å². The molecule has 88 valence electrons. The van der Waals surface area contributed by atoms with Crippen LogP contribution in [-0.4, -0.2) is 11.7 Å². The molecule has 0 atom stereocenters. The number of carbonyl (C=O) groups is 1. The maximum Gasteiger partial charge on any atom is 0.332 e. The molecule has 4 nitrogen and oxygen atoms in total. The second-order valence-electron chi connectivity index (χ2n) is 3.84. The Morgan fingerprint density at radius 1 is 1.20 bits per heavy atom.